The molecule has 5 rings (SSSR count). The molecule has 1 aliphatic heterocycles. The van der Waals surface area contributed by atoms with E-state index in [9.17, 15) is 4.79 Å². The fourth-order valence-electron chi connectivity index (χ4n) is 5.23. The van der Waals surface area contributed by atoms with Crippen molar-refractivity contribution in [3.05, 3.63) is 89.2 Å². The summed E-state index contributed by atoms with van der Waals surface area (Å²) < 4.78 is 8.54. The number of carbonyl (C=O) groups is 1. The van der Waals surface area contributed by atoms with Crippen LogP contribution in [0, 0.1) is 0 Å². The second kappa shape index (κ2) is 12.6. The molecule has 1 amide bonds. The number of benzene rings is 3. The summed E-state index contributed by atoms with van der Waals surface area (Å²) in [5, 5.41) is 0.723. The van der Waals surface area contributed by atoms with E-state index in [4.69, 9.17) is 21.3 Å². The molecule has 0 spiro atoms. The maximum absolute atomic E-state index is 12.6. The number of ether oxygens (including phenoxy) is 1. The summed E-state index contributed by atoms with van der Waals surface area (Å²) in [5.41, 5.74) is 4.31. The molecule has 0 saturated carbocycles. The lowest BCUT2D eigenvalue weighted by Crippen LogP contribution is -2.48. The van der Waals surface area contributed by atoms with Gasteiger partial charge in [0.15, 0.2) is 11.9 Å². The Morgan fingerprint density at radius 2 is 1.72 bits per heavy atom. The predicted molar refractivity (Wildman–Crippen MR) is 159 cm³/mol. The van der Waals surface area contributed by atoms with Crippen molar-refractivity contribution in [2.45, 2.75) is 52.2 Å². The van der Waals surface area contributed by atoms with Crippen LogP contribution in [-0.4, -0.2) is 46.5 Å². The number of fused-ring (bicyclic) bond motifs is 1. The maximum Gasteiger partial charge on any atom is 0.222 e. The average molecular weight is 545 g/mol. The van der Waals surface area contributed by atoms with E-state index in [0.29, 0.717) is 13.0 Å². The molecule has 2 heterocycles. The number of rotatable bonds is 10. The summed E-state index contributed by atoms with van der Waals surface area (Å²) in [5.74, 6) is 1.98. The van der Waals surface area contributed by atoms with Crippen molar-refractivity contribution in [1.29, 1.82) is 0 Å². The van der Waals surface area contributed by atoms with Gasteiger partial charge in [-0.25, -0.2) is 4.98 Å². The number of nitrogens with zero attached hydrogens (tertiary/aromatic N) is 4. The predicted octanol–water partition coefficient (Wildman–Crippen LogP) is 7.11. The Kier molecular flexibility index (Phi) is 8.72. The number of para-hydroxylation sites is 1. The highest BCUT2D eigenvalue weighted by molar-refractivity contribution is 6.30. The number of amides is 1. The van der Waals surface area contributed by atoms with Crippen molar-refractivity contribution in [2.24, 2.45) is 0 Å². The van der Waals surface area contributed by atoms with Gasteiger partial charge in [0, 0.05) is 49.9 Å². The van der Waals surface area contributed by atoms with Crippen molar-refractivity contribution in [3.8, 4) is 5.75 Å². The Bertz CT molecular complexity index is 1380. The maximum atomic E-state index is 12.6. The van der Waals surface area contributed by atoms with E-state index in [2.05, 4.69) is 46.7 Å². The smallest absolute Gasteiger partial charge is 0.222 e. The van der Waals surface area contributed by atoms with Crippen LogP contribution in [0.2, 0.25) is 5.02 Å². The van der Waals surface area contributed by atoms with Gasteiger partial charge < -0.3 is 19.1 Å². The lowest BCUT2D eigenvalue weighted by atomic mass is 10.1. The Balaban J connectivity index is 1.39. The van der Waals surface area contributed by atoms with Crippen molar-refractivity contribution in [3.63, 3.8) is 0 Å². The van der Waals surface area contributed by atoms with Crippen LogP contribution in [0.15, 0.2) is 72.8 Å². The van der Waals surface area contributed by atoms with Crippen LogP contribution < -0.4 is 9.64 Å². The number of hydrogen-bond donors (Lipinski definition) is 0. The summed E-state index contributed by atoms with van der Waals surface area (Å²) in [6.45, 7) is 8.06. The molecular weight excluding hydrogens is 508 g/mol. The number of carbonyl (C=O) groups excluding carboxylic acids is 1. The number of imidazole rings is 1. The quantitative estimate of drug-likeness (QED) is 0.200. The van der Waals surface area contributed by atoms with Crippen molar-refractivity contribution < 1.29 is 9.53 Å². The van der Waals surface area contributed by atoms with Gasteiger partial charge in [-0.2, -0.15) is 0 Å². The van der Waals surface area contributed by atoms with Gasteiger partial charge in [0.2, 0.25) is 5.91 Å². The largest absolute Gasteiger partial charge is 0.483 e. The first kappa shape index (κ1) is 27.1. The van der Waals surface area contributed by atoms with Crippen LogP contribution in [-0.2, 0) is 11.3 Å². The van der Waals surface area contributed by atoms with Crippen LogP contribution in [0.1, 0.15) is 57.0 Å². The summed E-state index contributed by atoms with van der Waals surface area (Å²) in [6.07, 6.45) is 3.66. The van der Waals surface area contributed by atoms with Crippen molar-refractivity contribution in [2.75, 3.05) is 31.1 Å². The molecular formula is C32H37ClN4O2. The van der Waals surface area contributed by atoms with Gasteiger partial charge in [-0.05, 0) is 61.4 Å². The third-order valence-corrected chi connectivity index (χ3v) is 7.68. The summed E-state index contributed by atoms with van der Waals surface area (Å²) in [4.78, 5) is 22.0. The van der Waals surface area contributed by atoms with E-state index < -0.39 is 0 Å². The van der Waals surface area contributed by atoms with Gasteiger partial charge in [-0.1, -0.05) is 61.7 Å². The first-order chi connectivity index (χ1) is 19.0. The van der Waals surface area contributed by atoms with Crippen LogP contribution >= 0.6 is 11.6 Å². The third kappa shape index (κ3) is 6.56. The molecule has 1 atom stereocenters. The Labute approximate surface area is 236 Å². The van der Waals surface area contributed by atoms with Gasteiger partial charge in [-0.3, -0.25) is 4.79 Å². The van der Waals surface area contributed by atoms with Gasteiger partial charge in [0.05, 0.1) is 11.0 Å². The van der Waals surface area contributed by atoms with E-state index in [-0.39, 0.29) is 12.0 Å². The molecule has 6 nitrogen and oxygen atoms in total. The SMILES string of the molecule is CCCCCC(=O)N1CCN(c2ccc3nc(C(C)Oc4ccccc4)n(Cc4ccc(Cl)cc4)c3c2)CC1. The summed E-state index contributed by atoms with van der Waals surface area (Å²) in [6, 6.07) is 24.3. The Morgan fingerprint density at radius 1 is 0.974 bits per heavy atom. The summed E-state index contributed by atoms with van der Waals surface area (Å²) >= 11 is 6.16. The zero-order chi connectivity index (χ0) is 27.2. The summed E-state index contributed by atoms with van der Waals surface area (Å²) in [7, 11) is 0. The minimum absolute atomic E-state index is 0.238. The van der Waals surface area contributed by atoms with Gasteiger partial charge in [0.25, 0.3) is 0 Å². The first-order valence-corrected chi connectivity index (χ1v) is 14.4. The normalized spacial score (nSPS) is 14.5. The molecule has 204 valence electrons. The second-order valence-corrected chi connectivity index (χ2v) is 10.7. The minimum Gasteiger partial charge on any atom is -0.483 e. The Hall–Kier alpha value is -3.51. The molecule has 0 aliphatic carbocycles. The molecule has 39 heavy (non-hydrogen) atoms. The number of anilines is 1. The fourth-order valence-corrected chi connectivity index (χ4v) is 5.36. The van der Waals surface area contributed by atoms with E-state index >= 15 is 0 Å². The van der Waals surface area contributed by atoms with Crippen LogP contribution in [0.25, 0.3) is 11.0 Å². The zero-order valence-corrected chi connectivity index (χ0v) is 23.6. The molecule has 4 aromatic rings. The monoisotopic (exact) mass is 544 g/mol. The topological polar surface area (TPSA) is 50.6 Å². The number of halogens is 1. The number of piperazine rings is 1. The molecule has 1 saturated heterocycles. The molecule has 7 heteroatoms. The van der Waals surface area contributed by atoms with Crippen LogP contribution in [0.3, 0.4) is 0 Å². The van der Waals surface area contributed by atoms with Crippen molar-refractivity contribution >= 4 is 34.2 Å². The first-order valence-electron chi connectivity index (χ1n) is 14.0. The minimum atomic E-state index is -0.238. The van der Waals surface area contributed by atoms with E-state index in [1.807, 2.05) is 54.3 Å². The highest BCUT2D eigenvalue weighted by Crippen LogP contribution is 2.29. The molecule has 0 radical (unpaired) electrons. The number of aromatic nitrogens is 2. The second-order valence-electron chi connectivity index (χ2n) is 10.3. The third-order valence-electron chi connectivity index (χ3n) is 7.43. The van der Waals surface area contributed by atoms with E-state index in [0.717, 1.165) is 84.3 Å². The van der Waals surface area contributed by atoms with Crippen molar-refractivity contribution in [1.82, 2.24) is 14.5 Å². The van der Waals surface area contributed by atoms with E-state index in [1.54, 1.807) is 0 Å². The standard InChI is InChI=1S/C32H37ClN4O2/c1-3-4-6-11-31(38)36-20-18-35(19-21-36)27-16-17-29-30(22-27)37(23-25-12-14-26(33)15-13-25)32(34-29)24(2)39-28-9-7-5-8-10-28/h5,7-10,12-17,22,24H,3-4,6,11,18-21,23H2,1-2H3. The van der Waals surface area contributed by atoms with E-state index in [1.165, 1.54) is 0 Å². The van der Waals surface area contributed by atoms with Gasteiger partial charge >= 0.3 is 0 Å². The molecule has 1 aliphatic rings. The fraction of sp³-hybridized carbons (Fsp3) is 0.375. The van der Waals surface area contributed by atoms with Crippen LogP contribution in [0.4, 0.5) is 5.69 Å². The average Bonchev–Trinajstić information content (AvgIpc) is 3.32. The lowest BCUT2D eigenvalue weighted by molar-refractivity contribution is -0.131. The Morgan fingerprint density at radius 3 is 2.44 bits per heavy atom. The number of unbranched alkanes of at least 4 members (excludes halogenated alkanes) is 2. The highest BCUT2D eigenvalue weighted by atomic mass is 35.5. The molecule has 1 fully saturated rings. The van der Waals surface area contributed by atoms with Gasteiger partial charge in [-0.15, -0.1) is 0 Å². The lowest BCUT2D eigenvalue weighted by Gasteiger charge is -2.36. The molecule has 3 aromatic carbocycles. The van der Waals surface area contributed by atoms with Gasteiger partial charge in [0.1, 0.15) is 5.75 Å². The zero-order valence-electron chi connectivity index (χ0n) is 22.9. The molecule has 1 unspecified atom stereocenters. The molecule has 1 aromatic heterocycles. The number of hydrogen-bond acceptors (Lipinski definition) is 4. The highest BCUT2D eigenvalue weighted by Gasteiger charge is 2.23. The van der Waals surface area contributed by atoms with Crippen LogP contribution in [0.5, 0.6) is 5.75 Å². The molecule has 0 bridgehead atoms. The molecule has 0 N–H and O–H groups in total.